The lowest BCUT2D eigenvalue weighted by molar-refractivity contribution is -0.0767. The van der Waals surface area contributed by atoms with Crippen LogP contribution < -0.4 is 0 Å². The Labute approximate surface area is 150 Å². The van der Waals surface area contributed by atoms with Gasteiger partial charge >= 0.3 is 0 Å². The molecule has 134 valence electrons. The van der Waals surface area contributed by atoms with Gasteiger partial charge in [0.05, 0.1) is 0 Å². The average Bonchev–Trinajstić information content (AvgIpc) is 2.78. The van der Waals surface area contributed by atoms with Gasteiger partial charge < -0.3 is 0 Å². The first kappa shape index (κ1) is 17.0. The summed E-state index contributed by atoms with van der Waals surface area (Å²) in [4.78, 5) is 0. The fraction of sp³-hybridized carbons (Fsp3) is 0.917. The summed E-state index contributed by atoms with van der Waals surface area (Å²) in [5, 5.41) is 0. The normalized spacial score (nSPS) is 53.3. The van der Waals surface area contributed by atoms with Gasteiger partial charge in [0.1, 0.15) is 0 Å². The van der Waals surface area contributed by atoms with Crippen LogP contribution in [0.15, 0.2) is 0 Å². The molecule has 0 radical (unpaired) electrons. The zero-order valence-corrected chi connectivity index (χ0v) is 16.5. The lowest BCUT2D eigenvalue weighted by Gasteiger charge is -2.56. The van der Waals surface area contributed by atoms with Crippen LogP contribution in [0.1, 0.15) is 85.5 Å². The van der Waals surface area contributed by atoms with E-state index < -0.39 is 0 Å². The Morgan fingerprint density at radius 2 is 1.88 bits per heavy atom. The lowest BCUT2D eigenvalue weighted by atomic mass is 9.48. The van der Waals surface area contributed by atoms with Crippen LogP contribution >= 0.6 is 0 Å². The number of rotatable bonds is 1. The molecule has 9 unspecified atom stereocenters. The summed E-state index contributed by atoms with van der Waals surface area (Å²) in [6.45, 7) is 9.87. The topological polar surface area (TPSA) is 0 Å². The molecule has 4 fully saturated rings. The van der Waals surface area contributed by atoms with Gasteiger partial charge in [-0.15, -0.1) is 5.92 Å². The third-order valence-corrected chi connectivity index (χ3v) is 9.15. The predicted octanol–water partition coefficient (Wildman–Crippen LogP) is 6.55. The minimum absolute atomic E-state index is 0.628. The molecule has 4 saturated carbocycles. The molecular formula is C24H38. The molecule has 0 heteroatoms. The van der Waals surface area contributed by atoms with Crippen molar-refractivity contribution in [2.24, 2.45) is 52.8 Å². The van der Waals surface area contributed by atoms with Crippen molar-refractivity contribution in [3.63, 3.8) is 0 Å². The van der Waals surface area contributed by atoms with Crippen molar-refractivity contribution in [3.8, 4) is 11.8 Å². The van der Waals surface area contributed by atoms with Gasteiger partial charge in [-0.25, -0.2) is 0 Å². The second-order valence-corrected chi connectivity index (χ2v) is 10.1. The third kappa shape index (κ3) is 2.48. The average molecular weight is 327 g/mol. The fourth-order valence-corrected chi connectivity index (χ4v) is 8.30. The Morgan fingerprint density at radius 3 is 2.62 bits per heavy atom. The molecule has 0 heterocycles. The van der Waals surface area contributed by atoms with Crippen molar-refractivity contribution < 1.29 is 0 Å². The van der Waals surface area contributed by atoms with E-state index >= 15 is 0 Å². The first-order valence-electron chi connectivity index (χ1n) is 11.0. The number of hydrogen-bond acceptors (Lipinski definition) is 0. The minimum Gasteiger partial charge on any atom is -0.106 e. The molecule has 4 aliphatic rings. The summed E-state index contributed by atoms with van der Waals surface area (Å²) in [7, 11) is 0. The Kier molecular flexibility index (Phi) is 4.51. The van der Waals surface area contributed by atoms with Crippen molar-refractivity contribution in [2.45, 2.75) is 85.5 Å². The molecule has 0 amide bonds. The molecule has 4 rings (SSSR count). The highest BCUT2D eigenvalue weighted by atomic mass is 14.6. The fourth-order valence-electron chi connectivity index (χ4n) is 8.30. The monoisotopic (exact) mass is 326 g/mol. The van der Waals surface area contributed by atoms with Gasteiger partial charge in [-0.05, 0) is 92.3 Å². The van der Waals surface area contributed by atoms with Crippen LogP contribution in [-0.4, -0.2) is 0 Å². The SMILES string of the molecule is CC#CC1CCC2CC(CC)C3C4C(C)CCCC3(C)CCC1C24. The van der Waals surface area contributed by atoms with Crippen LogP contribution in [0, 0.1) is 64.6 Å². The molecule has 0 aromatic heterocycles. The zero-order valence-electron chi connectivity index (χ0n) is 16.5. The molecule has 0 aliphatic heterocycles. The summed E-state index contributed by atoms with van der Waals surface area (Å²) in [5.74, 6) is 14.6. The van der Waals surface area contributed by atoms with Gasteiger partial charge in [-0.2, -0.15) is 0 Å². The summed E-state index contributed by atoms with van der Waals surface area (Å²) in [5.41, 5.74) is 0.628. The Morgan fingerprint density at radius 1 is 1.04 bits per heavy atom. The Hall–Kier alpha value is -0.440. The van der Waals surface area contributed by atoms with Crippen molar-refractivity contribution >= 4 is 0 Å². The van der Waals surface area contributed by atoms with E-state index in [-0.39, 0.29) is 0 Å². The standard InChI is InChI=1S/C24H38/c1-5-8-18-10-11-19-15-17(6-2)23-21-16(3)9-7-13-24(23,4)14-12-20(18)22(19)21/h16-23H,6-7,9-15H2,1-4H3. The first-order valence-corrected chi connectivity index (χ1v) is 11.0. The van der Waals surface area contributed by atoms with Crippen molar-refractivity contribution in [2.75, 3.05) is 0 Å². The zero-order chi connectivity index (χ0) is 16.9. The highest BCUT2D eigenvalue weighted by Gasteiger charge is 2.58. The van der Waals surface area contributed by atoms with Gasteiger partial charge in [0, 0.05) is 5.92 Å². The minimum atomic E-state index is 0.628. The van der Waals surface area contributed by atoms with Gasteiger partial charge in [0.2, 0.25) is 0 Å². The molecule has 4 bridgehead atoms. The maximum atomic E-state index is 3.67. The predicted molar refractivity (Wildman–Crippen MR) is 102 cm³/mol. The van der Waals surface area contributed by atoms with Crippen LogP contribution in [-0.2, 0) is 0 Å². The molecule has 0 saturated heterocycles. The highest BCUT2D eigenvalue weighted by Crippen LogP contribution is 2.66. The molecule has 24 heavy (non-hydrogen) atoms. The number of hydrogen-bond donors (Lipinski definition) is 0. The summed E-state index contributed by atoms with van der Waals surface area (Å²) < 4.78 is 0. The van der Waals surface area contributed by atoms with Gasteiger partial charge in [0.15, 0.2) is 0 Å². The third-order valence-electron chi connectivity index (χ3n) is 9.15. The summed E-state index contributed by atoms with van der Waals surface area (Å²) in [6, 6.07) is 0. The second-order valence-electron chi connectivity index (χ2n) is 10.1. The molecule has 4 aliphatic carbocycles. The smallest absolute Gasteiger partial charge is 0.0233 e. The molecule has 9 atom stereocenters. The molecule has 0 nitrogen and oxygen atoms in total. The van der Waals surface area contributed by atoms with Crippen molar-refractivity contribution in [1.29, 1.82) is 0 Å². The van der Waals surface area contributed by atoms with Gasteiger partial charge in [-0.1, -0.05) is 46.0 Å². The Balaban J connectivity index is 1.81. The van der Waals surface area contributed by atoms with Crippen LogP contribution in [0.5, 0.6) is 0 Å². The molecule has 0 spiro atoms. The van der Waals surface area contributed by atoms with E-state index in [0.29, 0.717) is 11.3 Å². The van der Waals surface area contributed by atoms with Crippen molar-refractivity contribution in [3.05, 3.63) is 0 Å². The maximum Gasteiger partial charge on any atom is 0.0233 e. The largest absolute Gasteiger partial charge is 0.106 e. The van der Waals surface area contributed by atoms with E-state index in [1.54, 1.807) is 6.42 Å². The van der Waals surface area contributed by atoms with E-state index in [2.05, 4.69) is 39.5 Å². The van der Waals surface area contributed by atoms with E-state index in [0.717, 1.165) is 41.4 Å². The molecule has 0 N–H and O–H groups in total. The first-order chi connectivity index (χ1) is 11.6. The molecular weight excluding hydrogens is 288 g/mol. The van der Waals surface area contributed by atoms with Gasteiger partial charge in [0.25, 0.3) is 0 Å². The van der Waals surface area contributed by atoms with Crippen LogP contribution in [0.3, 0.4) is 0 Å². The quantitative estimate of drug-likeness (QED) is 0.479. The van der Waals surface area contributed by atoms with E-state index in [1.807, 2.05) is 0 Å². The summed E-state index contributed by atoms with van der Waals surface area (Å²) in [6.07, 6.45) is 13.3. The Bertz CT molecular complexity index is 522. The summed E-state index contributed by atoms with van der Waals surface area (Å²) >= 11 is 0. The van der Waals surface area contributed by atoms with Crippen LogP contribution in [0.25, 0.3) is 0 Å². The van der Waals surface area contributed by atoms with E-state index in [4.69, 9.17) is 0 Å². The molecule has 0 aromatic rings. The van der Waals surface area contributed by atoms with Crippen LogP contribution in [0.4, 0.5) is 0 Å². The lowest BCUT2D eigenvalue weighted by Crippen LogP contribution is -2.50. The van der Waals surface area contributed by atoms with E-state index in [1.165, 1.54) is 51.4 Å². The van der Waals surface area contributed by atoms with Crippen molar-refractivity contribution in [1.82, 2.24) is 0 Å². The van der Waals surface area contributed by atoms with Gasteiger partial charge in [-0.3, -0.25) is 0 Å². The highest BCUT2D eigenvalue weighted by molar-refractivity contribution is 5.13. The molecule has 0 aromatic carbocycles. The maximum absolute atomic E-state index is 3.67. The van der Waals surface area contributed by atoms with Crippen LogP contribution in [0.2, 0.25) is 0 Å². The second kappa shape index (κ2) is 6.37. The van der Waals surface area contributed by atoms with E-state index in [9.17, 15) is 0 Å².